The molecule has 0 fully saturated rings. The second-order valence-electron chi connectivity index (χ2n) is 3.84. The van der Waals surface area contributed by atoms with E-state index in [1.54, 1.807) is 26.4 Å². The summed E-state index contributed by atoms with van der Waals surface area (Å²) in [6.07, 6.45) is 0. The molecule has 0 saturated heterocycles. The lowest BCUT2D eigenvalue weighted by molar-refractivity contribution is -0.384. The molecule has 0 aromatic heterocycles. The lowest BCUT2D eigenvalue weighted by Gasteiger charge is -2.24. The molecule has 0 atom stereocenters. The minimum Gasteiger partial charge on any atom is -0.383 e. The fourth-order valence-electron chi connectivity index (χ4n) is 1.70. The van der Waals surface area contributed by atoms with E-state index >= 15 is 0 Å². The quantitative estimate of drug-likeness (QED) is 0.543. The third-order valence-electron chi connectivity index (χ3n) is 2.62. The summed E-state index contributed by atoms with van der Waals surface area (Å²) in [5.41, 5.74) is 0.392. The van der Waals surface area contributed by atoms with E-state index in [2.05, 4.69) is 0 Å². The van der Waals surface area contributed by atoms with E-state index in [4.69, 9.17) is 21.1 Å². The number of anilines is 1. The van der Waals surface area contributed by atoms with Crippen molar-refractivity contribution in [3.8, 4) is 0 Å². The van der Waals surface area contributed by atoms with Crippen LogP contribution >= 0.6 is 11.6 Å². The summed E-state index contributed by atoms with van der Waals surface area (Å²) < 4.78 is 10.0. The molecule has 0 radical (unpaired) electrons. The van der Waals surface area contributed by atoms with E-state index in [-0.39, 0.29) is 10.7 Å². The van der Waals surface area contributed by atoms with Crippen molar-refractivity contribution in [3.63, 3.8) is 0 Å². The normalized spacial score (nSPS) is 10.5. The van der Waals surface area contributed by atoms with Gasteiger partial charge in [0.15, 0.2) is 0 Å². The molecule has 0 aliphatic carbocycles. The van der Waals surface area contributed by atoms with E-state index < -0.39 is 4.92 Å². The van der Waals surface area contributed by atoms with Crippen LogP contribution < -0.4 is 4.90 Å². The molecule has 0 heterocycles. The van der Waals surface area contributed by atoms with Gasteiger partial charge in [-0.05, 0) is 12.1 Å². The highest BCUT2D eigenvalue weighted by Crippen LogP contribution is 2.34. The second kappa shape index (κ2) is 7.93. The number of ether oxygens (including phenoxy) is 2. The monoisotopic (exact) mass is 288 g/mol. The zero-order chi connectivity index (χ0) is 14.3. The summed E-state index contributed by atoms with van der Waals surface area (Å²) in [4.78, 5) is 12.5. The third-order valence-corrected chi connectivity index (χ3v) is 2.92. The van der Waals surface area contributed by atoms with Crippen molar-refractivity contribution in [1.82, 2.24) is 0 Å². The zero-order valence-electron chi connectivity index (χ0n) is 11.0. The Balaban J connectivity index is 3.06. The van der Waals surface area contributed by atoms with Gasteiger partial charge in [-0.15, -0.1) is 0 Å². The molecule has 0 aliphatic heterocycles. The summed E-state index contributed by atoms with van der Waals surface area (Å²) in [6, 6.07) is 4.88. The highest BCUT2D eigenvalue weighted by Gasteiger charge is 2.22. The predicted octanol–water partition coefficient (Wildman–Crippen LogP) is 2.35. The molecule has 7 heteroatoms. The van der Waals surface area contributed by atoms with E-state index in [0.717, 1.165) is 0 Å². The van der Waals surface area contributed by atoms with Crippen molar-refractivity contribution in [2.24, 2.45) is 0 Å². The SMILES string of the molecule is COCCN(CCOC)c1cccc(Cl)c1[N+](=O)[O-]. The van der Waals surface area contributed by atoms with Gasteiger partial charge in [0.25, 0.3) is 0 Å². The Kier molecular flexibility index (Phi) is 6.55. The Morgan fingerprint density at radius 3 is 2.32 bits per heavy atom. The van der Waals surface area contributed by atoms with Gasteiger partial charge in [0.2, 0.25) is 0 Å². The number of methoxy groups -OCH3 is 2. The number of para-hydroxylation sites is 1. The van der Waals surface area contributed by atoms with Crippen molar-refractivity contribution in [2.75, 3.05) is 45.4 Å². The lowest BCUT2D eigenvalue weighted by Crippen LogP contribution is -2.31. The lowest BCUT2D eigenvalue weighted by atomic mass is 10.2. The number of nitrogens with zero attached hydrogens (tertiary/aromatic N) is 2. The van der Waals surface area contributed by atoms with Crippen LogP contribution in [0, 0.1) is 10.1 Å². The molecule has 0 aliphatic rings. The molecule has 0 unspecified atom stereocenters. The van der Waals surface area contributed by atoms with Gasteiger partial charge in [0.1, 0.15) is 10.7 Å². The van der Waals surface area contributed by atoms with Gasteiger partial charge in [0.05, 0.1) is 18.1 Å². The van der Waals surface area contributed by atoms with Crippen LogP contribution in [0.25, 0.3) is 0 Å². The Hall–Kier alpha value is -1.37. The maximum Gasteiger partial charge on any atom is 0.310 e. The molecule has 19 heavy (non-hydrogen) atoms. The molecule has 106 valence electrons. The molecule has 1 rings (SSSR count). The number of halogens is 1. The summed E-state index contributed by atoms with van der Waals surface area (Å²) in [6.45, 7) is 1.99. The molecule has 6 nitrogen and oxygen atoms in total. The van der Waals surface area contributed by atoms with Crippen LogP contribution in [0.2, 0.25) is 5.02 Å². The van der Waals surface area contributed by atoms with Gasteiger partial charge in [-0.3, -0.25) is 10.1 Å². The molecule has 0 amide bonds. The highest BCUT2D eigenvalue weighted by molar-refractivity contribution is 6.33. The van der Waals surface area contributed by atoms with Crippen molar-refractivity contribution < 1.29 is 14.4 Å². The molecule has 0 bridgehead atoms. The van der Waals surface area contributed by atoms with Gasteiger partial charge in [-0.2, -0.15) is 0 Å². The fraction of sp³-hybridized carbons (Fsp3) is 0.500. The number of nitro groups is 1. The van der Waals surface area contributed by atoms with Gasteiger partial charge >= 0.3 is 5.69 Å². The average molecular weight is 289 g/mol. The molecule has 1 aromatic carbocycles. The maximum atomic E-state index is 11.1. The van der Waals surface area contributed by atoms with Crippen molar-refractivity contribution in [2.45, 2.75) is 0 Å². The second-order valence-corrected chi connectivity index (χ2v) is 4.24. The first-order valence-electron chi connectivity index (χ1n) is 5.77. The van der Waals surface area contributed by atoms with E-state index in [9.17, 15) is 10.1 Å². The van der Waals surface area contributed by atoms with Crippen LogP contribution in [-0.2, 0) is 9.47 Å². The Morgan fingerprint density at radius 1 is 1.26 bits per heavy atom. The first-order valence-corrected chi connectivity index (χ1v) is 6.15. The van der Waals surface area contributed by atoms with Crippen LogP contribution in [0.5, 0.6) is 0 Å². The molecule has 0 spiro atoms. The average Bonchev–Trinajstić information content (AvgIpc) is 2.38. The summed E-state index contributed by atoms with van der Waals surface area (Å²) in [5.74, 6) is 0. The van der Waals surface area contributed by atoms with Gasteiger partial charge in [-0.1, -0.05) is 17.7 Å². The van der Waals surface area contributed by atoms with Crippen molar-refractivity contribution in [1.29, 1.82) is 0 Å². The number of benzene rings is 1. The Morgan fingerprint density at radius 2 is 1.84 bits per heavy atom. The summed E-state index contributed by atoms with van der Waals surface area (Å²) in [5, 5.41) is 11.3. The Labute approximate surface area is 117 Å². The largest absolute Gasteiger partial charge is 0.383 e. The predicted molar refractivity (Wildman–Crippen MR) is 74.1 cm³/mol. The molecular weight excluding hydrogens is 272 g/mol. The smallest absolute Gasteiger partial charge is 0.310 e. The zero-order valence-corrected chi connectivity index (χ0v) is 11.7. The Bertz CT molecular complexity index is 420. The number of hydrogen-bond donors (Lipinski definition) is 0. The minimum atomic E-state index is -0.468. The minimum absolute atomic E-state index is 0.0867. The number of nitro benzene ring substituents is 1. The van der Waals surface area contributed by atoms with Gasteiger partial charge in [0, 0.05) is 27.3 Å². The molecule has 0 N–H and O–H groups in total. The van der Waals surface area contributed by atoms with E-state index in [1.165, 1.54) is 6.07 Å². The van der Waals surface area contributed by atoms with Gasteiger partial charge in [-0.25, -0.2) is 0 Å². The summed E-state index contributed by atoms with van der Waals surface area (Å²) >= 11 is 5.91. The van der Waals surface area contributed by atoms with Crippen LogP contribution in [-0.4, -0.2) is 45.4 Å². The highest BCUT2D eigenvalue weighted by atomic mass is 35.5. The molecular formula is C12H17ClN2O4. The maximum absolute atomic E-state index is 11.1. The van der Waals surface area contributed by atoms with Crippen LogP contribution in [0.4, 0.5) is 11.4 Å². The topological polar surface area (TPSA) is 64.8 Å². The fourth-order valence-corrected chi connectivity index (χ4v) is 1.93. The molecule has 1 aromatic rings. The van der Waals surface area contributed by atoms with Gasteiger partial charge < -0.3 is 14.4 Å². The van der Waals surface area contributed by atoms with Crippen LogP contribution in [0.3, 0.4) is 0 Å². The van der Waals surface area contributed by atoms with Crippen LogP contribution in [0.15, 0.2) is 18.2 Å². The third kappa shape index (κ3) is 4.34. The number of hydrogen-bond acceptors (Lipinski definition) is 5. The van der Waals surface area contributed by atoms with Crippen molar-refractivity contribution in [3.05, 3.63) is 33.3 Å². The summed E-state index contributed by atoms with van der Waals surface area (Å²) in [7, 11) is 3.17. The van der Waals surface area contributed by atoms with Crippen LogP contribution in [0.1, 0.15) is 0 Å². The first-order chi connectivity index (χ1) is 9.11. The molecule has 0 saturated carbocycles. The van der Waals surface area contributed by atoms with E-state index in [1.807, 2.05) is 4.90 Å². The standard InChI is InChI=1S/C12H17ClN2O4/c1-18-8-6-14(7-9-19-2)11-5-3-4-10(13)12(11)15(16)17/h3-5H,6-9H2,1-2H3. The van der Waals surface area contributed by atoms with Crippen molar-refractivity contribution >= 4 is 23.0 Å². The number of rotatable bonds is 8. The van der Waals surface area contributed by atoms with E-state index in [0.29, 0.717) is 32.0 Å². The first kappa shape index (κ1) is 15.7.